The lowest BCUT2D eigenvalue weighted by atomic mass is 10.0. The standard InChI is InChI=1S/C27H24N2O5S/c1-35(32,33)28(19-21-12-14-24(15-13-21)23-10-6-3-7-11-23)26-17-16-25(29(30)31)18-27(26)34-20-22-8-4-2-5-9-22/h2-18H,19-20H2,1H3. The van der Waals surface area contributed by atoms with Crippen LogP contribution in [0.5, 0.6) is 5.75 Å². The van der Waals surface area contributed by atoms with E-state index in [-0.39, 0.29) is 30.3 Å². The number of nitro groups is 1. The molecule has 0 unspecified atom stereocenters. The van der Waals surface area contributed by atoms with Crippen LogP contribution in [0.3, 0.4) is 0 Å². The smallest absolute Gasteiger partial charge is 0.273 e. The predicted octanol–water partition coefficient (Wildman–Crippen LogP) is 5.81. The average molecular weight is 489 g/mol. The van der Waals surface area contributed by atoms with E-state index in [0.717, 1.165) is 28.5 Å². The van der Waals surface area contributed by atoms with Crippen molar-refractivity contribution >= 4 is 21.4 Å². The minimum absolute atomic E-state index is 0.0490. The Balaban J connectivity index is 1.66. The topological polar surface area (TPSA) is 89.8 Å². The summed E-state index contributed by atoms with van der Waals surface area (Å²) in [6.45, 7) is 0.186. The van der Waals surface area contributed by atoms with E-state index in [1.54, 1.807) is 0 Å². The van der Waals surface area contributed by atoms with Crippen LogP contribution < -0.4 is 9.04 Å². The molecule has 35 heavy (non-hydrogen) atoms. The zero-order chi connectivity index (χ0) is 24.8. The molecule has 0 spiro atoms. The minimum atomic E-state index is -3.73. The molecular weight excluding hydrogens is 464 g/mol. The van der Waals surface area contributed by atoms with Gasteiger partial charge in [0.2, 0.25) is 10.0 Å². The maximum Gasteiger partial charge on any atom is 0.273 e. The highest BCUT2D eigenvalue weighted by Gasteiger charge is 2.24. The van der Waals surface area contributed by atoms with E-state index in [4.69, 9.17) is 4.74 Å². The zero-order valence-corrected chi connectivity index (χ0v) is 19.9. The summed E-state index contributed by atoms with van der Waals surface area (Å²) in [6, 6.07) is 30.8. The van der Waals surface area contributed by atoms with Crippen LogP contribution in [0.25, 0.3) is 11.1 Å². The van der Waals surface area contributed by atoms with Crippen LogP contribution in [0, 0.1) is 10.1 Å². The molecule has 0 atom stereocenters. The SMILES string of the molecule is CS(=O)(=O)N(Cc1ccc(-c2ccccc2)cc1)c1ccc([N+](=O)[O-])cc1OCc1ccccc1. The van der Waals surface area contributed by atoms with Gasteiger partial charge in [0.1, 0.15) is 6.61 Å². The maximum atomic E-state index is 12.8. The molecule has 4 aromatic rings. The third kappa shape index (κ3) is 6.04. The molecule has 7 nitrogen and oxygen atoms in total. The zero-order valence-electron chi connectivity index (χ0n) is 19.1. The first-order valence-corrected chi connectivity index (χ1v) is 12.7. The van der Waals surface area contributed by atoms with Crippen molar-refractivity contribution in [3.8, 4) is 16.9 Å². The van der Waals surface area contributed by atoms with Crippen LogP contribution in [0.4, 0.5) is 11.4 Å². The normalized spacial score (nSPS) is 11.1. The molecule has 0 N–H and O–H groups in total. The summed E-state index contributed by atoms with van der Waals surface area (Å²) in [5, 5.41) is 11.4. The van der Waals surface area contributed by atoms with E-state index in [1.165, 1.54) is 22.5 Å². The second kappa shape index (κ2) is 10.4. The molecule has 0 aliphatic rings. The third-order valence-corrected chi connectivity index (χ3v) is 6.57. The molecule has 4 aromatic carbocycles. The quantitative estimate of drug-likeness (QED) is 0.219. The van der Waals surface area contributed by atoms with Gasteiger partial charge < -0.3 is 4.74 Å². The summed E-state index contributed by atoms with van der Waals surface area (Å²) in [7, 11) is -3.73. The largest absolute Gasteiger partial charge is 0.486 e. The van der Waals surface area contributed by atoms with Crippen LogP contribution in [-0.2, 0) is 23.2 Å². The van der Waals surface area contributed by atoms with Crippen molar-refractivity contribution in [3.63, 3.8) is 0 Å². The first-order chi connectivity index (χ1) is 16.8. The fourth-order valence-electron chi connectivity index (χ4n) is 3.65. The van der Waals surface area contributed by atoms with E-state index in [9.17, 15) is 18.5 Å². The second-order valence-electron chi connectivity index (χ2n) is 8.02. The van der Waals surface area contributed by atoms with Crippen LogP contribution in [0.2, 0.25) is 0 Å². The Morgan fingerprint density at radius 2 is 1.40 bits per heavy atom. The molecule has 0 bridgehead atoms. The molecule has 0 heterocycles. The Bertz CT molecular complexity index is 1410. The van der Waals surface area contributed by atoms with Gasteiger partial charge >= 0.3 is 0 Å². The highest BCUT2D eigenvalue weighted by Crippen LogP contribution is 2.35. The van der Waals surface area contributed by atoms with E-state index in [2.05, 4.69) is 0 Å². The van der Waals surface area contributed by atoms with Crippen molar-refractivity contribution in [1.82, 2.24) is 0 Å². The molecule has 0 saturated heterocycles. The number of sulfonamides is 1. The first kappa shape index (κ1) is 24.0. The molecule has 4 rings (SSSR count). The summed E-state index contributed by atoms with van der Waals surface area (Å²) in [6.07, 6.45) is 1.10. The van der Waals surface area contributed by atoms with Crippen molar-refractivity contribution in [1.29, 1.82) is 0 Å². The summed E-state index contributed by atoms with van der Waals surface area (Å²) < 4.78 is 32.7. The number of anilines is 1. The van der Waals surface area contributed by atoms with E-state index in [0.29, 0.717) is 0 Å². The number of nitrogens with zero attached hydrogens (tertiary/aromatic N) is 2. The van der Waals surface area contributed by atoms with E-state index < -0.39 is 14.9 Å². The fraction of sp³-hybridized carbons (Fsp3) is 0.111. The Labute approximate surface area is 204 Å². The number of rotatable bonds is 9. The number of nitro benzene ring substituents is 1. The highest BCUT2D eigenvalue weighted by molar-refractivity contribution is 7.92. The van der Waals surface area contributed by atoms with Crippen molar-refractivity contribution in [2.45, 2.75) is 13.2 Å². The van der Waals surface area contributed by atoms with Crippen molar-refractivity contribution in [2.24, 2.45) is 0 Å². The van der Waals surface area contributed by atoms with Crippen LogP contribution in [0.1, 0.15) is 11.1 Å². The van der Waals surface area contributed by atoms with Crippen molar-refractivity contribution in [2.75, 3.05) is 10.6 Å². The lowest BCUT2D eigenvalue weighted by Crippen LogP contribution is -2.29. The predicted molar refractivity (Wildman–Crippen MR) is 137 cm³/mol. The molecule has 0 radical (unpaired) electrons. The van der Waals surface area contributed by atoms with Gasteiger partial charge in [0.05, 0.1) is 29.5 Å². The Morgan fingerprint density at radius 1 is 0.800 bits per heavy atom. The van der Waals surface area contributed by atoms with Gasteiger partial charge in [-0.25, -0.2) is 8.42 Å². The minimum Gasteiger partial charge on any atom is -0.486 e. The number of hydrogen-bond acceptors (Lipinski definition) is 5. The molecule has 0 aliphatic carbocycles. The Morgan fingerprint density at radius 3 is 2.00 bits per heavy atom. The number of benzene rings is 4. The Hall–Kier alpha value is -4.17. The van der Waals surface area contributed by atoms with Gasteiger partial charge in [0, 0.05) is 6.07 Å². The number of hydrogen-bond donors (Lipinski definition) is 0. The monoisotopic (exact) mass is 488 g/mol. The lowest BCUT2D eigenvalue weighted by molar-refractivity contribution is -0.384. The highest BCUT2D eigenvalue weighted by atomic mass is 32.2. The first-order valence-electron chi connectivity index (χ1n) is 10.9. The molecular formula is C27H24N2O5S. The van der Waals surface area contributed by atoms with Gasteiger partial charge in [-0.2, -0.15) is 0 Å². The lowest BCUT2D eigenvalue weighted by Gasteiger charge is -2.25. The average Bonchev–Trinajstić information content (AvgIpc) is 2.87. The summed E-state index contributed by atoms with van der Waals surface area (Å²) in [5.74, 6) is 0.120. The third-order valence-electron chi connectivity index (χ3n) is 5.45. The van der Waals surface area contributed by atoms with E-state index in [1.807, 2.05) is 84.9 Å². The second-order valence-corrected chi connectivity index (χ2v) is 9.92. The molecule has 0 fully saturated rings. The number of ether oxygens (including phenoxy) is 1. The van der Waals surface area contributed by atoms with Crippen LogP contribution >= 0.6 is 0 Å². The molecule has 178 valence electrons. The molecule has 0 amide bonds. The van der Waals surface area contributed by atoms with Gasteiger partial charge in [-0.1, -0.05) is 84.9 Å². The summed E-state index contributed by atoms with van der Waals surface area (Å²) in [5.41, 5.74) is 3.75. The van der Waals surface area contributed by atoms with Crippen molar-refractivity contribution < 1.29 is 18.1 Å². The van der Waals surface area contributed by atoms with Crippen LogP contribution in [-0.4, -0.2) is 19.6 Å². The van der Waals surface area contributed by atoms with Gasteiger partial charge in [-0.05, 0) is 28.3 Å². The van der Waals surface area contributed by atoms with Gasteiger partial charge in [-0.15, -0.1) is 0 Å². The van der Waals surface area contributed by atoms with E-state index >= 15 is 0 Å². The van der Waals surface area contributed by atoms with Gasteiger partial charge in [0.15, 0.2) is 5.75 Å². The fourth-order valence-corrected chi connectivity index (χ4v) is 4.55. The van der Waals surface area contributed by atoms with Crippen molar-refractivity contribution in [3.05, 3.63) is 124 Å². The van der Waals surface area contributed by atoms with Gasteiger partial charge in [0.25, 0.3) is 5.69 Å². The molecule has 8 heteroatoms. The maximum absolute atomic E-state index is 12.8. The summed E-state index contributed by atoms with van der Waals surface area (Å²) >= 11 is 0. The van der Waals surface area contributed by atoms with Crippen LogP contribution in [0.15, 0.2) is 103 Å². The summed E-state index contributed by atoms with van der Waals surface area (Å²) in [4.78, 5) is 10.8. The molecule has 0 saturated carbocycles. The molecule has 0 aliphatic heterocycles. The van der Waals surface area contributed by atoms with Gasteiger partial charge in [-0.3, -0.25) is 14.4 Å². The Kier molecular flexibility index (Phi) is 7.12. The number of non-ortho nitro benzene ring substituents is 1. The molecule has 0 aromatic heterocycles.